The van der Waals surface area contributed by atoms with Crippen molar-refractivity contribution in [3.63, 3.8) is 0 Å². The molecule has 0 saturated carbocycles. The summed E-state index contributed by atoms with van der Waals surface area (Å²) in [6, 6.07) is 20.4. The highest BCUT2D eigenvalue weighted by atomic mass is 127. The second-order valence-electron chi connectivity index (χ2n) is 7.68. The fourth-order valence-electron chi connectivity index (χ4n) is 3.10. The van der Waals surface area contributed by atoms with Gasteiger partial charge in [0.15, 0.2) is 11.7 Å². The molecule has 4 rings (SSSR count). The van der Waals surface area contributed by atoms with Crippen LogP contribution in [0.15, 0.2) is 77.2 Å². The Morgan fingerprint density at radius 1 is 1.11 bits per heavy atom. The van der Waals surface area contributed by atoms with E-state index in [-0.39, 0.29) is 5.91 Å². The van der Waals surface area contributed by atoms with Gasteiger partial charge in [-0.1, -0.05) is 29.8 Å². The van der Waals surface area contributed by atoms with Gasteiger partial charge in [0.1, 0.15) is 5.75 Å². The lowest BCUT2D eigenvalue weighted by molar-refractivity contribution is -0.139. The van der Waals surface area contributed by atoms with E-state index >= 15 is 0 Å². The van der Waals surface area contributed by atoms with Crippen molar-refractivity contribution < 1.29 is 19.4 Å². The van der Waals surface area contributed by atoms with Gasteiger partial charge in [-0.3, -0.25) is 4.79 Å². The monoisotopic (exact) mass is 612 g/mol. The first-order valence-electron chi connectivity index (χ1n) is 10.7. The Morgan fingerprint density at radius 3 is 2.56 bits per heavy atom. The molecule has 0 atom stereocenters. The molecule has 36 heavy (non-hydrogen) atoms. The fraction of sp³-hybridized carbons (Fsp3) is 0.0769. The molecule has 0 saturated heterocycles. The van der Waals surface area contributed by atoms with Crippen LogP contribution in [0.25, 0.3) is 11.3 Å². The molecule has 0 aliphatic carbocycles. The van der Waals surface area contributed by atoms with Crippen molar-refractivity contribution >= 4 is 62.8 Å². The Morgan fingerprint density at radius 2 is 1.86 bits per heavy atom. The summed E-state index contributed by atoms with van der Waals surface area (Å²) >= 11 is 3.56. The smallest absolute Gasteiger partial charge is 0.341 e. The van der Waals surface area contributed by atoms with Crippen LogP contribution >= 0.6 is 33.9 Å². The third-order valence-electron chi connectivity index (χ3n) is 4.94. The number of halogens is 1. The number of hydrazone groups is 1. The second-order valence-corrected chi connectivity index (χ2v) is 9.70. The van der Waals surface area contributed by atoms with Crippen LogP contribution in [0.3, 0.4) is 0 Å². The number of amides is 1. The summed E-state index contributed by atoms with van der Waals surface area (Å²) in [5, 5.41) is 18.8. The molecule has 1 heterocycles. The van der Waals surface area contributed by atoms with Gasteiger partial charge in [-0.25, -0.2) is 15.2 Å². The Kier molecular flexibility index (Phi) is 8.28. The van der Waals surface area contributed by atoms with E-state index in [0.717, 1.165) is 31.2 Å². The van der Waals surface area contributed by atoms with E-state index in [1.165, 1.54) is 23.1 Å². The van der Waals surface area contributed by atoms with E-state index < -0.39 is 12.6 Å². The van der Waals surface area contributed by atoms with E-state index in [1.807, 2.05) is 71.3 Å². The third kappa shape index (κ3) is 6.89. The Balaban J connectivity index is 1.33. The molecule has 8 nitrogen and oxygen atoms in total. The summed E-state index contributed by atoms with van der Waals surface area (Å²) in [5.74, 6) is -0.912. The molecule has 3 N–H and O–H groups in total. The standard InChI is InChI=1S/C26H21IN4O4S/c1-16-2-9-20(10-3-16)29-26-30-22(15-36-26)18-5-7-19(8-6-18)25(34)31-28-13-17-4-11-23(21(27)12-17)35-14-24(32)33/h2-13,15H,14H2,1H3,(H,29,30)(H,31,34)(H,32,33)/b28-13-. The maximum absolute atomic E-state index is 12.5. The number of rotatable bonds is 9. The maximum atomic E-state index is 12.5. The third-order valence-corrected chi connectivity index (χ3v) is 6.54. The molecule has 0 aliphatic rings. The molecule has 0 aliphatic heterocycles. The van der Waals surface area contributed by atoms with Crippen LogP contribution in [-0.2, 0) is 4.79 Å². The lowest BCUT2D eigenvalue weighted by Crippen LogP contribution is -2.17. The largest absolute Gasteiger partial charge is 0.481 e. The number of hydrogen-bond acceptors (Lipinski definition) is 7. The first kappa shape index (κ1) is 25.3. The molecule has 182 valence electrons. The number of carbonyl (C=O) groups is 2. The first-order valence-corrected chi connectivity index (χ1v) is 12.7. The quantitative estimate of drug-likeness (QED) is 0.127. The van der Waals surface area contributed by atoms with E-state index in [1.54, 1.807) is 30.3 Å². The van der Waals surface area contributed by atoms with Crippen LogP contribution in [0.2, 0.25) is 0 Å². The number of carboxylic acids is 1. The number of nitrogens with one attached hydrogen (secondary N) is 2. The Bertz CT molecular complexity index is 1400. The maximum Gasteiger partial charge on any atom is 0.341 e. The van der Waals surface area contributed by atoms with Crippen molar-refractivity contribution in [3.05, 3.63) is 92.4 Å². The minimum Gasteiger partial charge on any atom is -0.481 e. The van der Waals surface area contributed by atoms with Crippen molar-refractivity contribution in [2.75, 3.05) is 11.9 Å². The molecule has 1 aromatic heterocycles. The number of anilines is 2. The van der Waals surface area contributed by atoms with Crippen molar-refractivity contribution in [2.24, 2.45) is 5.10 Å². The van der Waals surface area contributed by atoms with E-state index in [9.17, 15) is 9.59 Å². The van der Waals surface area contributed by atoms with Gasteiger partial charge in [-0.05, 0) is 77.5 Å². The Hall–Kier alpha value is -3.77. The molecule has 4 aromatic rings. The summed E-state index contributed by atoms with van der Waals surface area (Å²) in [5.41, 5.74) is 7.62. The van der Waals surface area contributed by atoms with Crippen LogP contribution in [-0.4, -0.2) is 34.8 Å². The van der Waals surface area contributed by atoms with Gasteiger partial charge in [-0.2, -0.15) is 5.10 Å². The number of carbonyl (C=O) groups excluding carboxylic acids is 1. The van der Waals surface area contributed by atoms with Gasteiger partial charge in [0.05, 0.1) is 15.5 Å². The number of aromatic nitrogens is 1. The van der Waals surface area contributed by atoms with Crippen LogP contribution in [0, 0.1) is 10.5 Å². The summed E-state index contributed by atoms with van der Waals surface area (Å²) in [6.07, 6.45) is 1.51. The average molecular weight is 612 g/mol. The highest BCUT2D eigenvalue weighted by Gasteiger charge is 2.09. The SMILES string of the molecule is Cc1ccc(Nc2nc(-c3ccc(C(=O)N/N=C\c4ccc(OCC(=O)O)c(I)c4)cc3)cs2)cc1. The van der Waals surface area contributed by atoms with Crippen LogP contribution in [0.1, 0.15) is 21.5 Å². The summed E-state index contributed by atoms with van der Waals surface area (Å²) in [7, 11) is 0. The molecule has 0 spiro atoms. The highest BCUT2D eigenvalue weighted by molar-refractivity contribution is 14.1. The van der Waals surface area contributed by atoms with Crippen molar-refractivity contribution in [3.8, 4) is 17.0 Å². The van der Waals surface area contributed by atoms with Crippen molar-refractivity contribution in [1.29, 1.82) is 0 Å². The molecule has 0 fully saturated rings. The van der Waals surface area contributed by atoms with Crippen molar-refractivity contribution in [1.82, 2.24) is 10.4 Å². The normalized spacial score (nSPS) is 10.8. The van der Waals surface area contributed by atoms with Gasteiger partial charge < -0.3 is 15.2 Å². The van der Waals surface area contributed by atoms with Gasteiger partial charge in [-0.15, -0.1) is 11.3 Å². The number of carboxylic acid groups (broad SMARTS) is 1. The lowest BCUT2D eigenvalue weighted by Gasteiger charge is -2.06. The average Bonchev–Trinajstić information content (AvgIpc) is 3.33. The topological polar surface area (TPSA) is 113 Å². The fourth-order valence-corrected chi connectivity index (χ4v) is 4.54. The van der Waals surface area contributed by atoms with Crippen LogP contribution < -0.4 is 15.5 Å². The van der Waals surface area contributed by atoms with Crippen molar-refractivity contribution in [2.45, 2.75) is 6.92 Å². The zero-order chi connectivity index (χ0) is 25.5. The van der Waals surface area contributed by atoms with Gasteiger partial charge in [0.2, 0.25) is 0 Å². The highest BCUT2D eigenvalue weighted by Crippen LogP contribution is 2.27. The van der Waals surface area contributed by atoms with Gasteiger partial charge in [0, 0.05) is 22.2 Å². The molecule has 0 unspecified atom stereocenters. The van der Waals surface area contributed by atoms with E-state index in [4.69, 9.17) is 9.84 Å². The van der Waals surface area contributed by atoms with E-state index in [0.29, 0.717) is 11.3 Å². The number of ether oxygens (including phenoxy) is 1. The molecule has 0 bridgehead atoms. The molecule has 0 radical (unpaired) electrons. The molecule has 3 aromatic carbocycles. The lowest BCUT2D eigenvalue weighted by atomic mass is 10.1. The van der Waals surface area contributed by atoms with Crippen LogP contribution in [0.4, 0.5) is 10.8 Å². The second kappa shape index (κ2) is 11.8. The Labute approximate surface area is 225 Å². The van der Waals surface area contributed by atoms with Gasteiger partial charge >= 0.3 is 5.97 Å². The first-order chi connectivity index (χ1) is 17.4. The zero-order valence-electron chi connectivity index (χ0n) is 19.1. The number of nitrogens with zero attached hydrogens (tertiary/aromatic N) is 2. The number of aliphatic carboxylic acids is 1. The van der Waals surface area contributed by atoms with Gasteiger partial charge in [0.25, 0.3) is 5.91 Å². The predicted octanol–water partition coefficient (Wildman–Crippen LogP) is 5.69. The number of benzene rings is 3. The summed E-state index contributed by atoms with van der Waals surface area (Å²) < 4.78 is 5.93. The van der Waals surface area contributed by atoms with E-state index in [2.05, 4.69) is 20.8 Å². The number of aryl methyl sites for hydroxylation is 1. The van der Waals surface area contributed by atoms with Crippen LogP contribution in [0.5, 0.6) is 5.75 Å². The molecule has 1 amide bonds. The molecular weight excluding hydrogens is 591 g/mol. The zero-order valence-corrected chi connectivity index (χ0v) is 22.0. The minimum absolute atomic E-state index is 0.339. The number of hydrogen-bond donors (Lipinski definition) is 3. The summed E-state index contributed by atoms with van der Waals surface area (Å²) in [6.45, 7) is 1.64. The predicted molar refractivity (Wildman–Crippen MR) is 149 cm³/mol. The summed E-state index contributed by atoms with van der Waals surface area (Å²) in [4.78, 5) is 27.7. The molecule has 10 heteroatoms. The molecular formula is C26H21IN4O4S. The minimum atomic E-state index is -1.04. The number of thiazole rings is 1.